The van der Waals surface area contributed by atoms with Crippen LogP contribution >= 0.6 is 0 Å². The Morgan fingerprint density at radius 3 is 2.45 bits per heavy atom. The molecule has 2 aliphatic rings. The van der Waals surface area contributed by atoms with Crippen LogP contribution in [-0.4, -0.2) is 65.5 Å². The number of rotatable bonds is 7. The van der Waals surface area contributed by atoms with Crippen molar-refractivity contribution in [2.24, 2.45) is 0 Å². The Kier molecular flexibility index (Phi) is 6.60. The third-order valence-electron chi connectivity index (χ3n) is 6.19. The monoisotopic (exact) mass is 442 g/mol. The molecular formula is C23H30N4O3S. The highest BCUT2D eigenvalue weighted by molar-refractivity contribution is 7.89. The normalized spacial score (nSPS) is 17.1. The van der Waals surface area contributed by atoms with E-state index < -0.39 is 10.0 Å². The Hall–Kier alpha value is -2.42. The summed E-state index contributed by atoms with van der Waals surface area (Å²) < 4.78 is 26.4. The molecule has 0 unspecified atom stereocenters. The van der Waals surface area contributed by atoms with Crippen LogP contribution in [0.4, 0.5) is 11.4 Å². The van der Waals surface area contributed by atoms with Crippen molar-refractivity contribution in [3.8, 4) is 0 Å². The molecule has 0 spiro atoms. The molecule has 1 amide bonds. The van der Waals surface area contributed by atoms with Crippen molar-refractivity contribution >= 4 is 27.3 Å². The minimum Gasteiger partial charge on any atom is -0.369 e. The maximum absolute atomic E-state index is 12.8. The van der Waals surface area contributed by atoms with Crippen LogP contribution in [0.1, 0.15) is 18.4 Å². The summed E-state index contributed by atoms with van der Waals surface area (Å²) in [6.07, 6.45) is 2.03. The molecule has 4 rings (SSSR count). The van der Waals surface area contributed by atoms with Gasteiger partial charge in [0.1, 0.15) is 0 Å². The quantitative estimate of drug-likeness (QED) is 0.711. The molecule has 2 aromatic carbocycles. The van der Waals surface area contributed by atoms with Crippen LogP contribution in [0.3, 0.4) is 0 Å². The predicted octanol–water partition coefficient (Wildman–Crippen LogP) is 2.09. The number of piperazine rings is 1. The van der Waals surface area contributed by atoms with Crippen molar-refractivity contribution in [1.29, 1.82) is 0 Å². The maximum atomic E-state index is 12.8. The molecule has 1 saturated heterocycles. The van der Waals surface area contributed by atoms with Gasteiger partial charge in [-0.2, -0.15) is 0 Å². The highest BCUT2D eigenvalue weighted by Crippen LogP contribution is 2.30. The van der Waals surface area contributed by atoms with Gasteiger partial charge in [-0.3, -0.25) is 9.69 Å². The van der Waals surface area contributed by atoms with Gasteiger partial charge in [-0.25, -0.2) is 13.1 Å². The van der Waals surface area contributed by atoms with E-state index >= 15 is 0 Å². The lowest BCUT2D eigenvalue weighted by Gasteiger charge is -2.36. The van der Waals surface area contributed by atoms with Crippen molar-refractivity contribution in [3.05, 3.63) is 54.1 Å². The van der Waals surface area contributed by atoms with E-state index in [0.29, 0.717) is 19.4 Å². The summed E-state index contributed by atoms with van der Waals surface area (Å²) >= 11 is 0. The van der Waals surface area contributed by atoms with E-state index in [0.717, 1.165) is 50.4 Å². The highest BCUT2D eigenvalue weighted by Gasteiger charge is 2.26. The Bertz CT molecular complexity index is 1020. The Balaban J connectivity index is 1.25. The number of nitrogens with zero attached hydrogens (tertiary/aromatic N) is 3. The molecule has 166 valence electrons. The average molecular weight is 443 g/mol. The molecular weight excluding hydrogens is 412 g/mol. The van der Waals surface area contributed by atoms with Gasteiger partial charge < -0.3 is 9.80 Å². The molecule has 0 aromatic heterocycles. The third kappa shape index (κ3) is 4.92. The lowest BCUT2D eigenvalue weighted by Crippen LogP contribution is -2.46. The Morgan fingerprint density at radius 1 is 1.00 bits per heavy atom. The first kappa shape index (κ1) is 21.8. The molecule has 7 nitrogen and oxygen atoms in total. The number of carbonyl (C=O) groups is 1. The fourth-order valence-corrected chi connectivity index (χ4v) is 5.16. The average Bonchev–Trinajstić information content (AvgIpc) is 3.23. The van der Waals surface area contributed by atoms with Crippen LogP contribution in [0, 0.1) is 0 Å². The first-order chi connectivity index (χ1) is 15.0. The number of hydrogen-bond donors (Lipinski definition) is 1. The lowest BCUT2D eigenvalue weighted by atomic mass is 10.2. The van der Waals surface area contributed by atoms with Crippen molar-refractivity contribution in [1.82, 2.24) is 9.62 Å². The van der Waals surface area contributed by atoms with E-state index in [1.165, 1.54) is 12.7 Å². The first-order valence-corrected chi connectivity index (χ1v) is 12.4. The van der Waals surface area contributed by atoms with Gasteiger partial charge in [0.25, 0.3) is 0 Å². The zero-order chi connectivity index (χ0) is 21.8. The summed E-state index contributed by atoms with van der Waals surface area (Å²) in [7, 11) is -2.07. The number of hydrogen-bond acceptors (Lipinski definition) is 5. The van der Waals surface area contributed by atoms with Crippen molar-refractivity contribution in [2.45, 2.75) is 24.2 Å². The van der Waals surface area contributed by atoms with Crippen LogP contribution in [-0.2, 0) is 21.2 Å². The van der Waals surface area contributed by atoms with Gasteiger partial charge in [0.15, 0.2) is 0 Å². The molecule has 0 aliphatic carbocycles. The minimum absolute atomic E-state index is 0.117. The molecule has 2 aliphatic heterocycles. The van der Waals surface area contributed by atoms with E-state index in [1.807, 2.05) is 6.07 Å². The number of benzene rings is 2. The molecule has 0 atom stereocenters. The molecule has 0 radical (unpaired) electrons. The Labute approximate surface area is 184 Å². The molecule has 0 saturated carbocycles. The van der Waals surface area contributed by atoms with Crippen molar-refractivity contribution in [2.75, 3.05) is 56.1 Å². The number of sulfonamides is 1. The van der Waals surface area contributed by atoms with Crippen LogP contribution in [0.15, 0.2) is 53.4 Å². The van der Waals surface area contributed by atoms with Gasteiger partial charge in [0.2, 0.25) is 15.9 Å². The second-order valence-electron chi connectivity index (χ2n) is 8.06. The van der Waals surface area contributed by atoms with E-state index in [4.69, 9.17) is 0 Å². The topological polar surface area (TPSA) is 73.0 Å². The number of nitrogens with one attached hydrogen (secondary N) is 1. The first-order valence-electron chi connectivity index (χ1n) is 10.9. The SMILES string of the molecule is CNS(=O)(=O)c1ccc2c(c1)CCN2C(=O)CCCN1CCN(c2ccccc2)CC1. The maximum Gasteiger partial charge on any atom is 0.240 e. The van der Waals surface area contributed by atoms with Crippen molar-refractivity contribution < 1.29 is 13.2 Å². The van der Waals surface area contributed by atoms with E-state index in [-0.39, 0.29) is 10.8 Å². The second kappa shape index (κ2) is 9.38. The number of carbonyl (C=O) groups excluding carboxylic acids is 1. The summed E-state index contributed by atoms with van der Waals surface area (Å²) in [6, 6.07) is 15.5. The standard InChI is InChI=1S/C23H30N4O3S/c1-24-31(29,30)21-9-10-22-19(18-21)11-13-27(22)23(28)8-5-12-25-14-16-26(17-15-25)20-6-3-2-4-7-20/h2-4,6-7,9-10,18,24H,5,8,11-17H2,1H3. The molecule has 8 heteroatoms. The summed E-state index contributed by atoms with van der Waals surface area (Å²) in [4.78, 5) is 19.7. The van der Waals surface area contributed by atoms with Gasteiger partial charge in [-0.15, -0.1) is 0 Å². The van der Waals surface area contributed by atoms with Crippen LogP contribution in [0.25, 0.3) is 0 Å². The zero-order valence-electron chi connectivity index (χ0n) is 18.0. The molecule has 31 heavy (non-hydrogen) atoms. The second-order valence-corrected chi connectivity index (χ2v) is 9.95. The molecule has 2 heterocycles. The van der Waals surface area contributed by atoms with Crippen LogP contribution in [0.2, 0.25) is 0 Å². The fourth-order valence-electron chi connectivity index (χ4n) is 4.38. The van der Waals surface area contributed by atoms with E-state index in [9.17, 15) is 13.2 Å². The summed E-state index contributed by atoms with van der Waals surface area (Å²) in [6.45, 7) is 5.59. The minimum atomic E-state index is -3.47. The highest BCUT2D eigenvalue weighted by atomic mass is 32.2. The third-order valence-corrected chi connectivity index (χ3v) is 7.60. The van der Waals surface area contributed by atoms with Crippen LogP contribution in [0.5, 0.6) is 0 Å². The molecule has 1 N–H and O–H groups in total. The number of amides is 1. The van der Waals surface area contributed by atoms with Crippen LogP contribution < -0.4 is 14.5 Å². The van der Waals surface area contributed by atoms with Gasteiger partial charge >= 0.3 is 0 Å². The van der Waals surface area contributed by atoms with Gasteiger partial charge in [0, 0.05) is 50.5 Å². The number of anilines is 2. The fraction of sp³-hybridized carbons (Fsp3) is 0.435. The largest absolute Gasteiger partial charge is 0.369 e. The molecule has 1 fully saturated rings. The van der Waals surface area contributed by atoms with Crippen molar-refractivity contribution in [3.63, 3.8) is 0 Å². The van der Waals surface area contributed by atoms with Gasteiger partial charge in [-0.05, 0) is 62.3 Å². The number of fused-ring (bicyclic) bond motifs is 1. The van der Waals surface area contributed by atoms with Gasteiger partial charge in [0.05, 0.1) is 4.90 Å². The lowest BCUT2D eigenvalue weighted by molar-refractivity contribution is -0.118. The summed E-state index contributed by atoms with van der Waals surface area (Å²) in [5, 5.41) is 0. The summed E-state index contributed by atoms with van der Waals surface area (Å²) in [5.74, 6) is 0.117. The molecule has 0 bridgehead atoms. The summed E-state index contributed by atoms with van der Waals surface area (Å²) in [5.41, 5.74) is 3.04. The predicted molar refractivity (Wildman–Crippen MR) is 123 cm³/mol. The number of para-hydroxylation sites is 1. The zero-order valence-corrected chi connectivity index (χ0v) is 18.8. The van der Waals surface area contributed by atoms with E-state index in [2.05, 4.69) is 38.8 Å². The van der Waals surface area contributed by atoms with E-state index in [1.54, 1.807) is 23.1 Å². The molecule has 2 aromatic rings. The van der Waals surface area contributed by atoms with Gasteiger partial charge in [-0.1, -0.05) is 18.2 Å². The smallest absolute Gasteiger partial charge is 0.240 e. The Morgan fingerprint density at radius 2 is 1.74 bits per heavy atom.